The van der Waals surface area contributed by atoms with Crippen molar-refractivity contribution in [1.29, 1.82) is 0 Å². The monoisotopic (exact) mass is 550 g/mol. The molecule has 0 N–H and O–H groups in total. The highest BCUT2D eigenvalue weighted by Crippen LogP contribution is 2.33. The van der Waals surface area contributed by atoms with E-state index in [1.165, 1.54) is 26.0 Å². The topological polar surface area (TPSA) is 82.4 Å². The van der Waals surface area contributed by atoms with Gasteiger partial charge in [-0.25, -0.2) is 0 Å². The van der Waals surface area contributed by atoms with E-state index in [1.807, 2.05) is 24.3 Å². The van der Waals surface area contributed by atoms with E-state index in [4.69, 9.17) is 23.2 Å². The molecule has 7 nitrogen and oxygen atoms in total. The Labute approximate surface area is 232 Å². The molecule has 0 aromatic heterocycles. The molecule has 2 aliphatic rings. The van der Waals surface area contributed by atoms with Crippen LogP contribution in [0.5, 0.6) is 0 Å². The summed E-state index contributed by atoms with van der Waals surface area (Å²) in [5.74, 6) is -1.21. The number of hydrazone groups is 2. The molecule has 196 valence electrons. The van der Waals surface area contributed by atoms with Gasteiger partial charge in [0.1, 0.15) is 11.4 Å². The van der Waals surface area contributed by atoms with E-state index in [-0.39, 0.29) is 29.2 Å². The van der Waals surface area contributed by atoms with Gasteiger partial charge in [-0.05, 0) is 63.1 Å². The molecule has 38 heavy (non-hydrogen) atoms. The quantitative estimate of drug-likeness (QED) is 0.390. The first-order valence-corrected chi connectivity index (χ1v) is 12.9. The summed E-state index contributed by atoms with van der Waals surface area (Å²) in [5, 5.41) is 13.9. The minimum Gasteiger partial charge on any atom is -0.295 e. The maximum atomic E-state index is 14.2. The molecule has 0 radical (unpaired) electrons. The number of hydrogen-bond donors (Lipinski definition) is 0. The van der Waals surface area contributed by atoms with Gasteiger partial charge in [0, 0.05) is 33.6 Å². The molecule has 9 heteroatoms. The van der Waals surface area contributed by atoms with Gasteiger partial charge in [0.15, 0.2) is 11.6 Å². The van der Waals surface area contributed by atoms with Gasteiger partial charge in [-0.15, -0.1) is 0 Å². The maximum absolute atomic E-state index is 14.2. The second-order valence-electron chi connectivity index (χ2n) is 9.46. The third-order valence-corrected chi connectivity index (χ3v) is 6.98. The van der Waals surface area contributed by atoms with Crippen molar-refractivity contribution < 1.29 is 14.4 Å². The molecule has 2 unspecified atom stereocenters. The molecule has 0 saturated heterocycles. The minimum atomic E-state index is -0.355. The number of carbonyl (C=O) groups is 3. The normalized spacial score (nSPS) is 19.9. The number of benzene rings is 2. The third-order valence-electron chi connectivity index (χ3n) is 6.48. The molecule has 2 atom stereocenters. The number of carbonyl (C=O) groups excluding carboxylic acids is 3. The van der Waals surface area contributed by atoms with Crippen LogP contribution in [0.1, 0.15) is 50.7 Å². The lowest BCUT2D eigenvalue weighted by Crippen LogP contribution is -2.31. The molecule has 0 fully saturated rings. The largest absolute Gasteiger partial charge is 0.295 e. The Morgan fingerprint density at radius 2 is 1.03 bits per heavy atom. The Bertz CT molecular complexity index is 1290. The molecule has 0 spiro atoms. The SMILES string of the molecule is CC(=O)/C=C(\C)N1CC(c2ccc(Cl)cc2)C(C(=O)C2=NN(/C(C)=C/C(C)=O)CC2c2ccc(Cl)cc2)=N1. The molecule has 0 aliphatic carbocycles. The van der Waals surface area contributed by atoms with Gasteiger partial charge in [-0.2, -0.15) is 10.2 Å². The van der Waals surface area contributed by atoms with Crippen molar-refractivity contribution in [2.75, 3.05) is 13.1 Å². The number of rotatable bonds is 8. The lowest BCUT2D eigenvalue weighted by atomic mass is 9.86. The molecule has 2 aromatic carbocycles. The Morgan fingerprint density at radius 3 is 1.34 bits per heavy atom. The van der Waals surface area contributed by atoms with Crippen LogP contribution in [-0.4, -0.2) is 51.9 Å². The van der Waals surface area contributed by atoms with Crippen molar-refractivity contribution in [2.24, 2.45) is 10.2 Å². The second kappa shape index (κ2) is 11.5. The lowest BCUT2D eigenvalue weighted by Gasteiger charge is -2.17. The number of halogens is 2. The zero-order chi connectivity index (χ0) is 27.6. The van der Waals surface area contributed by atoms with Crippen LogP contribution in [0.4, 0.5) is 0 Å². The first-order valence-electron chi connectivity index (χ1n) is 12.2. The fourth-order valence-corrected chi connectivity index (χ4v) is 4.89. The summed E-state index contributed by atoms with van der Waals surface area (Å²) in [6, 6.07) is 14.6. The predicted octanol–water partition coefficient (Wildman–Crippen LogP) is 5.76. The summed E-state index contributed by atoms with van der Waals surface area (Å²) < 4.78 is 0. The Hall–Kier alpha value is -3.55. The molecule has 0 amide bonds. The highest BCUT2D eigenvalue weighted by Gasteiger charge is 2.41. The standard InChI is InChI=1S/C29H28Cl2N4O3/c1-17(13-19(3)36)34-15-25(21-5-9-23(30)10-6-21)27(32-34)29(38)28-26(22-7-11-24(31)12-8-22)16-35(33-28)18(2)14-20(4)37/h5-14,25-26H,15-16H2,1-4H3/b17-13+,18-14+. The van der Waals surface area contributed by atoms with Gasteiger partial charge < -0.3 is 0 Å². The summed E-state index contributed by atoms with van der Waals surface area (Å²) in [4.78, 5) is 37.6. The van der Waals surface area contributed by atoms with Crippen molar-refractivity contribution in [3.8, 4) is 0 Å². The second-order valence-corrected chi connectivity index (χ2v) is 10.3. The van der Waals surface area contributed by atoms with E-state index in [1.54, 1.807) is 48.1 Å². The van der Waals surface area contributed by atoms with Crippen molar-refractivity contribution in [3.63, 3.8) is 0 Å². The van der Waals surface area contributed by atoms with Gasteiger partial charge in [-0.3, -0.25) is 24.4 Å². The molecule has 0 bridgehead atoms. The van der Waals surface area contributed by atoms with Crippen molar-refractivity contribution in [3.05, 3.63) is 93.2 Å². The van der Waals surface area contributed by atoms with Crippen LogP contribution >= 0.6 is 23.2 Å². The number of nitrogens with zero attached hydrogens (tertiary/aromatic N) is 4. The number of Topliss-reactive ketones (excluding diaryl/α,β-unsaturated/α-hetero) is 1. The maximum Gasteiger partial charge on any atom is 0.226 e. The van der Waals surface area contributed by atoms with E-state index in [0.717, 1.165) is 11.1 Å². The third kappa shape index (κ3) is 6.11. The highest BCUT2D eigenvalue weighted by molar-refractivity contribution is 6.68. The van der Waals surface area contributed by atoms with Crippen molar-refractivity contribution in [1.82, 2.24) is 10.0 Å². The Balaban J connectivity index is 1.78. The fraction of sp³-hybridized carbons (Fsp3) is 0.276. The van der Waals surface area contributed by atoms with Crippen LogP contribution in [-0.2, 0) is 14.4 Å². The molecule has 2 aromatic rings. The van der Waals surface area contributed by atoms with Crippen LogP contribution in [0.25, 0.3) is 0 Å². The van der Waals surface area contributed by atoms with Crippen LogP contribution in [0.3, 0.4) is 0 Å². The van der Waals surface area contributed by atoms with Crippen LogP contribution in [0.15, 0.2) is 82.3 Å². The summed E-state index contributed by atoms with van der Waals surface area (Å²) in [7, 11) is 0. The minimum absolute atomic E-state index is 0.105. The smallest absolute Gasteiger partial charge is 0.226 e. The Kier molecular flexibility index (Phi) is 8.29. The zero-order valence-corrected chi connectivity index (χ0v) is 23.1. The van der Waals surface area contributed by atoms with E-state index in [9.17, 15) is 14.4 Å². The van der Waals surface area contributed by atoms with E-state index in [2.05, 4.69) is 10.2 Å². The summed E-state index contributed by atoms with van der Waals surface area (Å²) in [5.41, 5.74) is 3.71. The first kappa shape index (κ1) is 27.5. The molecule has 2 aliphatic heterocycles. The van der Waals surface area contributed by atoms with Crippen molar-refractivity contribution in [2.45, 2.75) is 39.5 Å². The summed E-state index contributed by atoms with van der Waals surface area (Å²) in [6.45, 7) is 7.31. The van der Waals surface area contributed by atoms with E-state index in [0.29, 0.717) is 46.0 Å². The predicted molar refractivity (Wildman–Crippen MR) is 151 cm³/mol. The molecular weight excluding hydrogens is 523 g/mol. The molecule has 4 rings (SSSR count). The van der Waals surface area contributed by atoms with Gasteiger partial charge in [0.2, 0.25) is 5.78 Å². The summed E-state index contributed by atoms with van der Waals surface area (Å²) in [6.07, 6.45) is 2.99. The summed E-state index contributed by atoms with van der Waals surface area (Å²) >= 11 is 12.2. The van der Waals surface area contributed by atoms with Gasteiger partial charge in [0.25, 0.3) is 0 Å². The van der Waals surface area contributed by atoms with Crippen LogP contribution in [0, 0.1) is 0 Å². The molecule has 0 saturated carbocycles. The highest BCUT2D eigenvalue weighted by atomic mass is 35.5. The first-order chi connectivity index (χ1) is 18.0. The fourth-order valence-electron chi connectivity index (χ4n) is 4.64. The molecular formula is C29H28Cl2N4O3. The number of ketones is 3. The number of hydrogen-bond acceptors (Lipinski definition) is 7. The van der Waals surface area contributed by atoms with E-state index >= 15 is 0 Å². The van der Waals surface area contributed by atoms with Gasteiger partial charge >= 0.3 is 0 Å². The average Bonchev–Trinajstić information content (AvgIpc) is 3.50. The van der Waals surface area contributed by atoms with E-state index < -0.39 is 0 Å². The van der Waals surface area contributed by atoms with Crippen LogP contribution < -0.4 is 0 Å². The van der Waals surface area contributed by atoms with Crippen molar-refractivity contribution >= 4 is 52.0 Å². The van der Waals surface area contributed by atoms with Gasteiger partial charge in [0.05, 0.1) is 24.9 Å². The Morgan fingerprint density at radius 1 is 0.684 bits per heavy atom. The lowest BCUT2D eigenvalue weighted by molar-refractivity contribution is -0.113. The average molecular weight is 551 g/mol. The van der Waals surface area contributed by atoms with Gasteiger partial charge in [-0.1, -0.05) is 47.5 Å². The molecule has 2 heterocycles. The van der Waals surface area contributed by atoms with Crippen LogP contribution in [0.2, 0.25) is 10.0 Å². The number of allylic oxidation sites excluding steroid dienone is 4. The zero-order valence-electron chi connectivity index (χ0n) is 21.6.